The highest BCUT2D eigenvalue weighted by Crippen LogP contribution is 2.19. The molecule has 22 heavy (non-hydrogen) atoms. The number of thiazole rings is 1. The van der Waals surface area contributed by atoms with E-state index in [2.05, 4.69) is 33.6 Å². The fraction of sp³-hybridized carbons (Fsp3) is 0.125. The number of aryl methyl sites for hydroxylation is 1. The highest BCUT2D eigenvalue weighted by Gasteiger charge is 2.11. The van der Waals surface area contributed by atoms with Crippen molar-refractivity contribution >= 4 is 43.4 Å². The van der Waals surface area contributed by atoms with Gasteiger partial charge in [0.25, 0.3) is 0 Å². The maximum absolute atomic E-state index is 12.2. The Hall–Kier alpha value is -1.92. The predicted octanol–water partition coefficient (Wildman–Crippen LogP) is 4.29. The van der Waals surface area contributed by atoms with Crippen LogP contribution < -0.4 is 4.80 Å². The summed E-state index contributed by atoms with van der Waals surface area (Å²) >= 11 is 4.67. The number of nitrogens with zero attached hydrogens (tertiary/aromatic N) is 2. The zero-order valence-electron chi connectivity index (χ0n) is 11.9. The molecule has 1 amide bonds. The summed E-state index contributed by atoms with van der Waals surface area (Å²) in [4.78, 5) is 17.1. The van der Waals surface area contributed by atoms with Crippen molar-refractivity contribution in [3.8, 4) is 0 Å². The zero-order chi connectivity index (χ0) is 15.7. The number of hydrogen-bond acceptors (Lipinski definition) is 3. The van der Waals surface area contributed by atoms with Crippen LogP contribution in [0.3, 0.4) is 0 Å². The van der Waals surface area contributed by atoms with Crippen LogP contribution >= 0.6 is 27.3 Å². The molecule has 3 aromatic rings. The Morgan fingerprint density at radius 3 is 2.95 bits per heavy atom. The number of amides is 1. The topological polar surface area (TPSA) is 47.5 Å². The van der Waals surface area contributed by atoms with E-state index in [0.29, 0.717) is 16.0 Å². The van der Waals surface area contributed by atoms with Gasteiger partial charge in [-0.15, -0.1) is 6.58 Å². The van der Waals surface area contributed by atoms with Crippen LogP contribution in [0.5, 0.6) is 0 Å². The maximum atomic E-state index is 12.2. The molecule has 0 unspecified atom stereocenters. The van der Waals surface area contributed by atoms with Crippen molar-refractivity contribution in [2.24, 2.45) is 4.99 Å². The molecule has 0 spiro atoms. The molecular weight excluding hydrogens is 364 g/mol. The number of fused-ring (bicyclic) bond motifs is 1. The first kappa shape index (κ1) is 15.0. The number of rotatable bonds is 3. The van der Waals surface area contributed by atoms with Gasteiger partial charge in [0.15, 0.2) is 15.2 Å². The van der Waals surface area contributed by atoms with Gasteiger partial charge in [-0.25, -0.2) is 0 Å². The molecule has 0 aliphatic rings. The quantitative estimate of drug-likeness (QED) is 0.640. The summed E-state index contributed by atoms with van der Waals surface area (Å²) < 4.78 is 8.84. The van der Waals surface area contributed by atoms with Gasteiger partial charge in [0, 0.05) is 6.54 Å². The van der Waals surface area contributed by atoms with Crippen molar-refractivity contribution in [2.75, 3.05) is 0 Å². The van der Waals surface area contributed by atoms with Gasteiger partial charge in [0.2, 0.25) is 0 Å². The molecule has 2 heterocycles. The Bertz CT molecular complexity index is 933. The average Bonchev–Trinajstić information content (AvgIpc) is 3.04. The van der Waals surface area contributed by atoms with Crippen LogP contribution in [0.4, 0.5) is 0 Å². The lowest BCUT2D eigenvalue weighted by atomic mass is 10.2. The molecule has 6 heteroatoms. The molecule has 1 aromatic carbocycles. The molecule has 0 fully saturated rings. The van der Waals surface area contributed by atoms with E-state index < -0.39 is 5.91 Å². The molecule has 0 aliphatic heterocycles. The van der Waals surface area contributed by atoms with Crippen molar-refractivity contribution in [2.45, 2.75) is 13.5 Å². The highest BCUT2D eigenvalue weighted by atomic mass is 79.9. The van der Waals surface area contributed by atoms with Crippen LogP contribution in [0.1, 0.15) is 16.1 Å². The molecule has 2 aromatic heterocycles. The first-order valence-electron chi connectivity index (χ1n) is 6.64. The number of aromatic nitrogens is 1. The molecule has 0 saturated heterocycles. The standard InChI is InChI=1S/C16H13BrN2O2S/c1-3-8-19-11-5-4-10(2)9-13(11)22-16(19)18-15(20)12-6-7-14(17)21-12/h3-7,9H,1,8H2,2H3. The van der Waals surface area contributed by atoms with E-state index in [1.807, 2.05) is 23.6 Å². The van der Waals surface area contributed by atoms with Gasteiger partial charge in [0.1, 0.15) is 0 Å². The van der Waals surface area contributed by atoms with Crippen LogP contribution in [0.25, 0.3) is 10.2 Å². The number of benzene rings is 1. The molecular formula is C16H13BrN2O2S. The van der Waals surface area contributed by atoms with E-state index >= 15 is 0 Å². The van der Waals surface area contributed by atoms with Crippen molar-refractivity contribution in [1.82, 2.24) is 4.57 Å². The minimum absolute atomic E-state index is 0.214. The first-order valence-corrected chi connectivity index (χ1v) is 8.24. The SMILES string of the molecule is C=CCn1c(=NC(=O)c2ccc(Br)o2)sc2cc(C)ccc21. The second kappa shape index (κ2) is 6.06. The number of furan rings is 1. The molecule has 3 rings (SSSR count). The number of allylic oxidation sites excluding steroid dienone is 1. The highest BCUT2D eigenvalue weighted by molar-refractivity contribution is 9.10. The lowest BCUT2D eigenvalue weighted by molar-refractivity contribution is 0.0970. The predicted molar refractivity (Wildman–Crippen MR) is 91.1 cm³/mol. The smallest absolute Gasteiger partial charge is 0.315 e. The van der Waals surface area contributed by atoms with E-state index in [1.165, 1.54) is 16.9 Å². The van der Waals surface area contributed by atoms with Crippen LogP contribution in [0.15, 0.2) is 57.1 Å². The normalized spacial score (nSPS) is 12.0. The Morgan fingerprint density at radius 2 is 2.27 bits per heavy atom. The van der Waals surface area contributed by atoms with Gasteiger partial charge < -0.3 is 8.98 Å². The van der Waals surface area contributed by atoms with Crippen LogP contribution in [0.2, 0.25) is 0 Å². The number of halogens is 1. The number of carbonyl (C=O) groups is 1. The van der Waals surface area contributed by atoms with Crippen molar-refractivity contribution in [3.05, 3.63) is 63.8 Å². The molecule has 0 bridgehead atoms. The van der Waals surface area contributed by atoms with Gasteiger partial charge in [-0.3, -0.25) is 4.79 Å². The summed E-state index contributed by atoms with van der Waals surface area (Å²) in [7, 11) is 0. The van der Waals surface area contributed by atoms with Crippen LogP contribution in [0, 0.1) is 6.92 Å². The summed E-state index contributed by atoms with van der Waals surface area (Å²) in [5, 5.41) is 0. The third-order valence-corrected chi connectivity index (χ3v) is 4.60. The fourth-order valence-corrected chi connectivity index (χ4v) is 3.58. The minimum atomic E-state index is -0.396. The monoisotopic (exact) mass is 376 g/mol. The summed E-state index contributed by atoms with van der Waals surface area (Å²) in [5.41, 5.74) is 2.22. The Morgan fingerprint density at radius 1 is 1.45 bits per heavy atom. The van der Waals surface area contributed by atoms with Gasteiger partial charge in [-0.05, 0) is 52.7 Å². The van der Waals surface area contributed by atoms with Crippen molar-refractivity contribution < 1.29 is 9.21 Å². The van der Waals surface area contributed by atoms with E-state index in [-0.39, 0.29) is 5.76 Å². The summed E-state index contributed by atoms with van der Waals surface area (Å²) in [6, 6.07) is 9.45. The molecule has 0 aliphatic carbocycles. The fourth-order valence-electron chi connectivity index (χ4n) is 2.14. The third kappa shape index (κ3) is 2.84. The van der Waals surface area contributed by atoms with E-state index in [9.17, 15) is 4.79 Å². The maximum Gasteiger partial charge on any atom is 0.315 e. The molecule has 4 nitrogen and oxygen atoms in total. The summed E-state index contributed by atoms with van der Waals surface area (Å²) in [5.74, 6) is -0.183. The Labute approximate surface area is 139 Å². The summed E-state index contributed by atoms with van der Waals surface area (Å²) in [6.07, 6.45) is 1.79. The molecule has 0 radical (unpaired) electrons. The van der Waals surface area contributed by atoms with E-state index in [0.717, 1.165) is 10.2 Å². The zero-order valence-corrected chi connectivity index (χ0v) is 14.3. The third-order valence-electron chi connectivity index (χ3n) is 3.13. The summed E-state index contributed by atoms with van der Waals surface area (Å²) in [6.45, 7) is 6.41. The number of hydrogen-bond donors (Lipinski definition) is 0. The second-order valence-electron chi connectivity index (χ2n) is 4.78. The molecule has 0 saturated carbocycles. The Kier molecular flexibility index (Phi) is 4.13. The van der Waals surface area contributed by atoms with Gasteiger partial charge in [0.05, 0.1) is 10.2 Å². The average molecular weight is 377 g/mol. The number of carbonyl (C=O) groups excluding carboxylic acids is 1. The lowest BCUT2D eigenvalue weighted by Crippen LogP contribution is -2.16. The van der Waals surface area contributed by atoms with Gasteiger partial charge in [-0.2, -0.15) is 4.99 Å². The van der Waals surface area contributed by atoms with Crippen LogP contribution in [-0.4, -0.2) is 10.5 Å². The van der Waals surface area contributed by atoms with E-state index in [1.54, 1.807) is 18.2 Å². The first-order chi connectivity index (χ1) is 10.6. The van der Waals surface area contributed by atoms with Crippen molar-refractivity contribution in [3.63, 3.8) is 0 Å². The minimum Gasteiger partial charge on any atom is -0.444 e. The lowest BCUT2D eigenvalue weighted by Gasteiger charge is -2.00. The molecule has 0 atom stereocenters. The van der Waals surface area contributed by atoms with E-state index in [4.69, 9.17) is 4.42 Å². The molecule has 0 N–H and O–H groups in total. The van der Waals surface area contributed by atoms with Gasteiger partial charge >= 0.3 is 5.91 Å². The molecule has 112 valence electrons. The van der Waals surface area contributed by atoms with Crippen LogP contribution in [-0.2, 0) is 6.54 Å². The van der Waals surface area contributed by atoms with Crippen molar-refractivity contribution in [1.29, 1.82) is 0 Å². The Balaban J connectivity index is 2.16. The second-order valence-corrected chi connectivity index (χ2v) is 6.57. The van der Waals surface area contributed by atoms with Gasteiger partial charge in [-0.1, -0.05) is 23.5 Å². The largest absolute Gasteiger partial charge is 0.444 e.